The number of hydrogen-bond acceptors (Lipinski definition) is 1. The number of hydrogen-bond donors (Lipinski definition) is 2. The lowest BCUT2D eigenvalue weighted by Gasteiger charge is -2.11. The van der Waals surface area contributed by atoms with Gasteiger partial charge in [-0.05, 0) is 19.2 Å². The lowest BCUT2D eigenvalue weighted by Crippen LogP contribution is -2.20. The summed E-state index contributed by atoms with van der Waals surface area (Å²) in [5, 5.41) is 10.1. The molecule has 0 atom stereocenters. The standard InChI is InChI=1S/C10H9B2NO/c1-4-5(2)9(12)10-6(8(4)11)3-7(14)13-10/h3,13-14H,1-2H3. The van der Waals surface area contributed by atoms with Crippen LogP contribution in [0.5, 0.6) is 5.88 Å². The van der Waals surface area contributed by atoms with Crippen molar-refractivity contribution in [3.63, 3.8) is 0 Å². The van der Waals surface area contributed by atoms with E-state index in [9.17, 15) is 5.11 Å². The first kappa shape index (κ1) is 9.25. The van der Waals surface area contributed by atoms with Crippen molar-refractivity contribution in [2.45, 2.75) is 13.8 Å². The quantitative estimate of drug-likeness (QED) is 0.554. The van der Waals surface area contributed by atoms with Crippen molar-refractivity contribution < 1.29 is 5.11 Å². The largest absolute Gasteiger partial charge is 0.495 e. The van der Waals surface area contributed by atoms with E-state index in [1.165, 1.54) is 0 Å². The van der Waals surface area contributed by atoms with E-state index in [1.54, 1.807) is 6.07 Å². The van der Waals surface area contributed by atoms with E-state index in [2.05, 4.69) is 4.98 Å². The minimum absolute atomic E-state index is 0.0865. The van der Waals surface area contributed by atoms with Gasteiger partial charge in [0, 0.05) is 11.6 Å². The Balaban J connectivity index is 3.01. The summed E-state index contributed by atoms with van der Waals surface area (Å²) < 4.78 is 0. The topological polar surface area (TPSA) is 36.0 Å². The molecule has 2 aromatic rings. The maximum absolute atomic E-state index is 9.32. The van der Waals surface area contributed by atoms with Crippen LogP contribution in [0, 0.1) is 13.8 Å². The van der Waals surface area contributed by atoms with E-state index in [0.717, 1.165) is 16.5 Å². The zero-order valence-electron chi connectivity index (χ0n) is 8.18. The molecule has 0 aliphatic carbocycles. The van der Waals surface area contributed by atoms with E-state index < -0.39 is 0 Å². The highest BCUT2D eigenvalue weighted by Crippen LogP contribution is 2.18. The number of nitrogens with one attached hydrogen (secondary N) is 1. The van der Waals surface area contributed by atoms with Crippen LogP contribution in [0.2, 0.25) is 0 Å². The molecule has 66 valence electrons. The van der Waals surface area contributed by atoms with Crippen LogP contribution in [-0.2, 0) is 0 Å². The molecular weight excluding hydrogens is 172 g/mol. The smallest absolute Gasteiger partial charge is 0.189 e. The van der Waals surface area contributed by atoms with Crippen LogP contribution in [-0.4, -0.2) is 25.8 Å². The molecule has 0 spiro atoms. The molecule has 4 radical (unpaired) electrons. The second-order valence-corrected chi connectivity index (χ2v) is 3.52. The number of fused-ring (bicyclic) bond motifs is 1. The van der Waals surface area contributed by atoms with Gasteiger partial charge in [0.15, 0.2) is 5.88 Å². The van der Waals surface area contributed by atoms with Gasteiger partial charge in [-0.3, -0.25) is 0 Å². The molecular formula is C10H9B2NO. The third-order valence-corrected chi connectivity index (χ3v) is 2.73. The van der Waals surface area contributed by atoms with Gasteiger partial charge in [0.25, 0.3) is 0 Å². The molecule has 0 aliphatic heterocycles. The van der Waals surface area contributed by atoms with Crippen LogP contribution < -0.4 is 10.9 Å². The summed E-state index contributed by atoms with van der Waals surface area (Å²) in [6.45, 7) is 3.84. The van der Waals surface area contributed by atoms with E-state index in [1.807, 2.05) is 13.8 Å². The average Bonchev–Trinajstić information content (AvgIpc) is 2.54. The molecule has 2 rings (SSSR count). The fourth-order valence-corrected chi connectivity index (χ4v) is 1.66. The van der Waals surface area contributed by atoms with Crippen molar-refractivity contribution in [1.29, 1.82) is 0 Å². The highest BCUT2D eigenvalue weighted by molar-refractivity contribution is 6.46. The summed E-state index contributed by atoms with van der Waals surface area (Å²) in [5.41, 5.74) is 3.95. The first-order chi connectivity index (χ1) is 6.52. The van der Waals surface area contributed by atoms with Gasteiger partial charge < -0.3 is 10.1 Å². The number of aromatic nitrogens is 1. The first-order valence-electron chi connectivity index (χ1n) is 4.38. The number of rotatable bonds is 0. The summed E-state index contributed by atoms with van der Waals surface area (Å²) in [5.74, 6) is 0.0865. The van der Waals surface area contributed by atoms with E-state index in [-0.39, 0.29) is 5.88 Å². The van der Waals surface area contributed by atoms with Crippen LogP contribution in [0.25, 0.3) is 10.9 Å². The molecule has 0 amide bonds. The predicted octanol–water partition coefficient (Wildman–Crippen LogP) is 0.0779. The molecule has 1 aromatic heterocycles. The van der Waals surface area contributed by atoms with Gasteiger partial charge in [0.2, 0.25) is 0 Å². The van der Waals surface area contributed by atoms with Crippen LogP contribution in [0.1, 0.15) is 11.1 Å². The SMILES string of the molecule is [B]c1c(C)c(C)c([B])c2[nH]c(O)cc12. The number of aromatic amines is 1. The summed E-state index contributed by atoms with van der Waals surface area (Å²) in [6, 6.07) is 1.59. The summed E-state index contributed by atoms with van der Waals surface area (Å²) in [4.78, 5) is 2.79. The second-order valence-electron chi connectivity index (χ2n) is 3.52. The van der Waals surface area contributed by atoms with Crippen molar-refractivity contribution in [3.8, 4) is 5.88 Å². The van der Waals surface area contributed by atoms with Gasteiger partial charge in [0.05, 0.1) is 0 Å². The molecule has 2 nitrogen and oxygen atoms in total. The van der Waals surface area contributed by atoms with Crippen LogP contribution >= 0.6 is 0 Å². The minimum Gasteiger partial charge on any atom is -0.495 e. The van der Waals surface area contributed by atoms with E-state index in [0.29, 0.717) is 16.4 Å². The maximum atomic E-state index is 9.32. The van der Waals surface area contributed by atoms with Crippen molar-refractivity contribution >= 4 is 37.5 Å². The molecule has 0 unspecified atom stereocenters. The van der Waals surface area contributed by atoms with Gasteiger partial charge in [-0.25, -0.2) is 0 Å². The maximum Gasteiger partial charge on any atom is 0.189 e. The predicted molar refractivity (Wildman–Crippen MR) is 60.2 cm³/mol. The molecule has 0 aliphatic rings. The normalized spacial score (nSPS) is 11.0. The molecule has 14 heavy (non-hydrogen) atoms. The molecule has 4 heteroatoms. The third-order valence-electron chi connectivity index (χ3n) is 2.73. The Labute approximate surface area is 85.1 Å². The molecule has 0 saturated heterocycles. The second kappa shape index (κ2) is 2.84. The monoisotopic (exact) mass is 181 g/mol. The lowest BCUT2D eigenvalue weighted by atomic mass is 9.78. The van der Waals surface area contributed by atoms with Gasteiger partial charge in [0.1, 0.15) is 15.7 Å². The van der Waals surface area contributed by atoms with Crippen molar-refractivity contribution in [2.75, 3.05) is 0 Å². The highest BCUT2D eigenvalue weighted by atomic mass is 16.3. The number of aromatic hydroxyl groups is 1. The Morgan fingerprint density at radius 2 is 1.71 bits per heavy atom. The minimum atomic E-state index is 0.0865. The van der Waals surface area contributed by atoms with Crippen LogP contribution in [0.15, 0.2) is 6.07 Å². The third kappa shape index (κ3) is 1.07. The molecule has 2 N–H and O–H groups in total. The molecule has 0 bridgehead atoms. The fraction of sp³-hybridized carbons (Fsp3) is 0.200. The first-order valence-corrected chi connectivity index (χ1v) is 4.38. The van der Waals surface area contributed by atoms with Gasteiger partial charge in [-0.2, -0.15) is 0 Å². The Hall–Kier alpha value is -1.31. The Kier molecular flexibility index (Phi) is 1.88. The summed E-state index contributed by atoms with van der Waals surface area (Å²) in [6.07, 6.45) is 0. The average molecular weight is 181 g/mol. The number of benzene rings is 1. The zero-order valence-corrected chi connectivity index (χ0v) is 8.18. The van der Waals surface area contributed by atoms with E-state index in [4.69, 9.17) is 15.7 Å². The van der Waals surface area contributed by atoms with Crippen LogP contribution in [0.4, 0.5) is 0 Å². The Morgan fingerprint density at radius 3 is 2.36 bits per heavy atom. The van der Waals surface area contributed by atoms with Gasteiger partial charge >= 0.3 is 0 Å². The van der Waals surface area contributed by atoms with Gasteiger partial charge in [-0.15, -0.1) is 0 Å². The van der Waals surface area contributed by atoms with Crippen LogP contribution in [0.3, 0.4) is 0 Å². The zero-order chi connectivity index (χ0) is 10.5. The molecule has 0 fully saturated rings. The molecule has 1 heterocycles. The lowest BCUT2D eigenvalue weighted by molar-refractivity contribution is 0.458. The van der Waals surface area contributed by atoms with Crippen molar-refractivity contribution in [1.82, 2.24) is 4.98 Å². The van der Waals surface area contributed by atoms with Gasteiger partial charge in [-0.1, -0.05) is 22.1 Å². The molecule has 0 saturated carbocycles. The van der Waals surface area contributed by atoms with Crippen molar-refractivity contribution in [2.24, 2.45) is 0 Å². The van der Waals surface area contributed by atoms with Crippen molar-refractivity contribution in [3.05, 3.63) is 17.2 Å². The fourth-order valence-electron chi connectivity index (χ4n) is 1.66. The summed E-state index contributed by atoms with van der Waals surface area (Å²) >= 11 is 0. The molecule has 1 aromatic carbocycles. The summed E-state index contributed by atoms with van der Waals surface area (Å²) in [7, 11) is 11.8. The number of H-pyrrole nitrogens is 1. The highest BCUT2D eigenvalue weighted by Gasteiger charge is 2.10. The van der Waals surface area contributed by atoms with E-state index >= 15 is 0 Å². The Bertz CT molecular complexity index is 472. The Morgan fingerprint density at radius 1 is 1.14 bits per heavy atom.